The smallest absolute Gasteiger partial charge is 0.352 e. The molecule has 0 saturated carbocycles. The second-order valence-electron chi connectivity index (χ2n) is 7.00. The maximum absolute atomic E-state index is 12.2. The van der Waals surface area contributed by atoms with Crippen LogP contribution >= 0.6 is 11.6 Å². The molecular weight excluding hydrogens is 364 g/mol. The first-order valence-corrected chi connectivity index (χ1v) is 8.99. The minimum Gasteiger partial charge on any atom is -0.477 e. The summed E-state index contributed by atoms with van der Waals surface area (Å²) in [5.41, 5.74) is 3.49. The molecule has 3 aromatic rings. The molecule has 140 valence electrons. The number of carboxylic acids is 1. The molecule has 3 rings (SSSR count). The van der Waals surface area contributed by atoms with Gasteiger partial charge in [0.1, 0.15) is 5.69 Å². The van der Waals surface area contributed by atoms with Crippen LogP contribution in [0.4, 0.5) is 0 Å². The summed E-state index contributed by atoms with van der Waals surface area (Å²) in [6, 6.07) is 10.7. The SMILES string of the molecule is CC(C)c1cccc2c(-c3ccc(C(=O)N(C)C)cc3Cl)c(C(=O)O)[nH]c12. The molecule has 0 aliphatic rings. The van der Waals surface area contributed by atoms with Gasteiger partial charge in [0.25, 0.3) is 5.91 Å². The second kappa shape index (κ2) is 7.08. The van der Waals surface area contributed by atoms with Crippen LogP contribution in [-0.4, -0.2) is 41.0 Å². The van der Waals surface area contributed by atoms with E-state index in [1.54, 1.807) is 32.3 Å². The van der Waals surface area contributed by atoms with Crippen molar-refractivity contribution < 1.29 is 14.7 Å². The first-order valence-electron chi connectivity index (χ1n) is 8.61. The number of H-pyrrole nitrogens is 1. The highest BCUT2D eigenvalue weighted by atomic mass is 35.5. The number of aromatic carboxylic acids is 1. The number of nitrogens with one attached hydrogen (secondary N) is 1. The summed E-state index contributed by atoms with van der Waals surface area (Å²) < 4.78 is 0. The Labute approximate surface area is 162 Å². The molecule has 1 heterocycles. The van der Waals surface area contributed by atoms with Crippen molar-refractivity contribution in [2.45, 2.75) is 19.8 Å². The summed E-state index contributed by atoms with van der Waals surface area (Å²) in [4.78, 5) is 28.6. The average Bonchev–Trinajstić information content (AvgIpc) is 3.00. The highest BCUT2D eigenvalue weighted by Gasteiger charge is 2.23. The molecule has 0 aliphatic carbocycles. The standard InChI is InChI=1S/C21H21ClN2O3/c1-11(2)13-6-5-7-15-17(19(21(26)27)23-18(13)15)14-9-8-12(10-16(14)22)20(25)24(3)4/h5-11,23H,1-4H3,(H,26,27). The van der Waals surface area contributed by atoms with E-state index in [1.807, 2.05) is 18.2 Å². The molecule has 5 nitrogen and oxygen atoms in total. The van der Waals surface area contributed by atoms with Gasteiger partial charge >= 0.3 is 5.97 Å². The number of benzene rings is 2. The number of fused-ring (bicyclic) bond motifs is 1. The number of carboxylic acid groups (broad SMARTS) is 1. The van der Waals surface area contributed by atoms with E-state index in [9.17, 15) is 14.7 Å². The van der Waals surface area contributed by atoms with Gasteiger partial charge in [0.05, 0.1) is 5.52 Å². The first kappa shape index (κ1) is 19.0. The van der Waals surface area contributed by atoms with E-state index in [1.165, 1.54) is 4.90 Å². The maximum Gasteiger partial charge on any atom is 0.352 e. The Balaban J connectivity index is 2.28. The molecule has 0 spiro atoms. The number of aromatic amines is 1. The third-order valence-corrected chi connectivity index (χ3v) is 4.91. The van der Waals surface area contributed by atoms with Crippen molar-refractivity contribution in [1.29, 1.82) is 0 Å². The third kappa shape index (κ3) is 3.30. The number of hydrogen-bond donors (Lipinski definition) is 2. The molecule has 2 aromatic carbocycles. The van der Waals surface area contributed by atoms with E-state index in [4.69, 9.17) is 11.6 Å². The van der Waals surface area contributed by atoms with E-state index in [-0.39, 0.29) is 17.5 Å². The van der Waals surface area contributed by atoms with Crippen LogP contribution in [0, 0.1) is 0 Å². The van der Waals surface area contributed by atoms with E-state index >= 15 is 0 Å². The molecule has 0 bridgehead atoms. The quantitative estimate of drug-likeness (QED) is 0.663. The van der Waals surface area contributed by atoms with Gasteiger partial charge in [-0.15, -0.1) is 0 Å². The maximum atomic E-state index is 12.2. The van der Waals surface area contributed by atoms with Crippen molar-refractivity contribution >= 4 is 34.4 Å². The zero-order valence-corrected chi connectivity index (χ0v) is 16.4. The molecule has 0 unspecified atom stereocenters. The summed E-state index contributed by atoms with van der Waals surface area (Å²) in [5.74, 6) is -0.985. The van der Waals surface area contributed by atoms with Crippen LogP contribution in [0.15, 0.2) is 36.4 Å². The van der Waals surface area contributed by atoms with Crippen molar-refractivity contribution in [3.05, 3.63) is 58.2 Å². The largest absolute Gasteiger partial charge is 0.477 e. The van der Waals surface area contributed by atoms with Crippen LogP contribution in [0.2, 0.25) is 5.02 Å². The molecule has 0 radical (unpaired) electrons. The van der Waals surface area contributed by atoms with Crippen LogP contribution in [-0.2, 0) is 0 Å². The molecule has 2 N–H and O–H groups in total. The monoisotopic (exact) mass is 384 g/mol. The van der Waals surface area contributed by atoms with Crippen LogP contribution < -0.4 is 0 Å². The Kier molecular flexibility index (Phi) is 4.98. The van der Waals surface area contributed by atoms with Gasteiger partial charge in [-0.3, -0.25) is 4.79 Å². The summed E-state index contributed by atoms with van der Waals surface area (Å²) >= 11 is 6.47. The molecule has 0 atom stereocenters. The van der Waals surface area contributed by atoms with Gasteiger partial charge in [0.2, 0.25) is 0 Å². The van der Waals surface area contributed by atoms with Crippen LogP contribution in [0.3, 0.4) is 0 Å². The van der Waals surface area contributed by atoms with E-state index in [0.717, 1.165) is 16.5 Å². The van der Waals surface area contributed by atoms with Crippen LogP contribution in [0.5, 0.6) is 0 Å². The van der Waals surface area contributed by atoms with Gasteiger partial charge in [0, 0.05) is 41.2 Å². The minimum absolute atomic E-state index is 0.0895. The molecule has 1 amide bonds. The Morgan fingerprint density at radius 1 is 1.15 bits per heavy atom. The highest BCUT2D eigenvalue weighted by Crippen LogP contribution is 2.39. The molecule has 0 fully saturated rings. The van der Waals surface area contributed by atoms with Crippen molar-refractivity contribution in [3.63, 3.8) is 0 Å². The lowest BCUT2D eigenvalue weighted by Gasteiger charge is -2.12. The molecule has 0 aliphatic heterocycles. The number of nitrogens with zero attached hydrogens (tertiary/aromatic N) is 1. The summed E-state index contributed by atoms with van der Waals surface area (Å²) in [7, 11) is 3.33. The number of amides is 1. The van der Waals surface area contributed by atoms with Gasteiger partial charge in [0.15, 0.2) is 0 Å². The van der Waals surface area contributed by atoms with Gasteiger partial charge in [-0.2, -0.15) is 0 Å². The van der Waals surface area contributed by atoms with E-state index < -0.39 is 5.97 Å². The lowest BCUT2D eigenvalue weighted by molar-refractivity contribution is 0.0692. The van der Waals surface area contributed by atoms with Crippen molar-refractivity contribution in [2.75, 3.05) is 14.1 Å². The number of hydrogen-bond acceptors (Lipinski definition) is 2. The van der Waals surface area contributed by atoms with Crippen molar-refractivity contribution in [1.82, 2.24) is 9.88 Å². The predicted molar refractivity (Wildman–Crippen MR) is 108 cm³/mol. The van der Waals surface area contributed by atoms with Crippen LogP contribution in [0.25, 0.3) is 22.0 Å². The lowest BCUT2D eigenvalue weighted by atomic mass is 9.96. The van der Waals surface area contributed by atoms with Gasteiger partial charge in [-0.05, 0) is 23.6 Å². The lowest BCUT2D eigenvalue weighted by Crippen LogP contribution is -2.21. The average molecular weight is 385 g/mol. The number of carbonyl (C=O) groups is 2. The molecule has 1 aromatic heterocycles. The van der Waals surface area contributed by atoms with E-state index in [0.29, 0.717) is 21.7 Å². The summed E-state index contributed by atoms with van der Waals surface area (Å²) in [6.45, 7) is 4.12. The Morgan fingerprint density at radius 2 is 1.85 bits per heavy atom. The number of para-hydroxylation sites is 1. The fourth-order valence-electron chi connectivity index (χ4n) is 3.27. The van der Waals surface area contributed by atoms with Crippen molar-refractivity contribution in [2.24, 2.45) is 0 Å². The zero-order valence-electron chi connectivity index (χ0n) is 15.6. The second-order valence-corrected chi connectivity index (χ2v) is 7.41. The Bertz CT molecular complexity index is 1050. The van der Waals surface area contributed by atoms with Gasteiger partial charge in [-0.25, -0.2) is 4.79 Å². The molecule has 27 heavy (non-hydrogen) atoms. The predicted octanol–water partition coefficient (Wildman–Crippen LogP) is 5.01. The highest BCUT2D eigenvalue weighted by molar-refractivity contribution is 6.34. The third-order valence-electron chi connectivity index (χ3n) is 4.59. The van der Waals surface area contributed by atoms with E-state index in [2.05, 4.69) is 18.8 Å². The summed E-state index contributed by atoms with van der Waals surface area (Å²) in [5, 5.41) is 10.9. The van der Waals surface area contributed by atoms with Gasteiger partial charge in [-0.1, -0.05) is 49.7 Å². The molecular formula is C21H21ClN2O3. The van der Waals surface area contributed by atoms with Gasteiger partial charge < -0.3 is 15.0 Å². The molecule has 6 heteroatoms. The number of carbonyl (C=O) groups excluding carboxylic acids is 1. The normalized spacial score (nSPS) is 11.2. The number of halogens is 1. The topological polar surface area (TPSA) is 73.4 Å². The number of aromatic nitrogens is 1. The Hall–Kier alpha value is -2.79. The summed E-state index contributed by atoms with van der Waals surface area (Å²) in [6.07, 6.45) is 0. The fraction of sp³-hybridized carbons (Fsp3) is 0.238. The number of rotatable bonds is 4. The van der Waals surface area contributed by atoms with Crippen LogP contribution in [0.1, 0.15) is 46.2 Å². The Morgan fingerprint density at radius 3 is 2.41 bits per heavy atom. The minimum atomic E-state index is -1.06. The van der Waals surface area contributed by atoms with Crippen molar-refractivity contribution in [3.8, 4) is 11.1 Å². The first-order chi connectivity index (χ1) is 12.7. The fourth-order valence-corrected chi connectivity index (χ4v) is 3.55. The zero-order chi connectivity index (χ0) is 19.9. The molecule has 0 saturated heterocycles.